The third-order valence-electron chi connectivity index (χ3n) is 3.68. The maximum atomic E-state index is 14.1. The second-order valence-electron chi connectivity index (χ2n) is 5.22. The summed E-state index contributed by atoms with van der Waals surface area (Å²) < 4.78 is 15.8. The van der Waals surface area contributed by atoms with Gasteiger partial charge in [0.25, 0.3) is 5.91 Å². The van der Waals surface area contributed by atoms with Crippen LogP contribution in [0.2, 0.25) is 0 Å². The first-order valence-electron chi connectivity index (χ1n) is 7.16. The van der Waals surface area contributed by atoms with Gasteiger partial charge in [0.1, 0.15) is 11.9 Å². The molecular weight excluding hydrogens is 285 g/mol. The molecule has 1 atom stereocenters. The highest BCUT2D eigenvalue weighted by atomic mass is 19.1. The molecule has 0 bridgehead atoms. The fourth-order valence-corrected chi connectivity index (χ4v) is 2.50. The van der Waals surface area contributed by atoms with Crippen LogP contribution in [0.25, 0.3) is 5.69 Å². The Morgan fingerprint density at radius 2 is 2.09 bits per heavy atom. The highest BCUT2D eigenvalue weighted by Gasteiger charge is 2.24. The number of benzene rings is 1. The SMILES string of the molecule is O=C(N[C@H]1CCCNC1=O)c1ccc(-n2cccc2)c(F)c1. The van der Waals surface area contributed by atoms with Gasteiger partial charge in [0.15, 0.2) is 0 Å². The van der Waals surface area contributed by atoms with Crippen molar-refractivity contribution in [3.8, 4) is 5.69 Å². The van der Waals surface area contributed by atoms with Gasteiger partial charge in [-0.3, -0.25) is 9.59 Å². The van der Waals surface area contributed by atoms with Gasteiger partial charge in [-0.2, -0.15) is 0 Å². The van der Waals surface area contributed by atoms with E-state index < -0.39 is 17.8 Å². The molecule has 0 unspecified atom stereocenters. The number of rotatable bonds is 3. The maximum absolute atomic E-state index is 14.1. The van der Waals surface area contributed by atoms with E-state index in [1.807, 2.05) is 0 Å². The van der Waals surface area contributed by atoms with Gasteiger partial charge < -0.3 is 15.2 Å². The lowest BCUT2D eigenvalue weighted by atomic mass is 10.1. The van der Waals surface area contributed by atoms with Gasteiger partial charge >= 0.3 is 0 Å². The summed E-state index contributed by atoms with van der Waals surface area (Å²) in [5.41, 5.74) is 0.573. The van der Waals surface area contributed by atoms with Gasteiger partial charge in [0, 0.05) is 24.5 Å². The Bertz CT molecular complexity index is 697. The van der Waals surface area contributed by atoms with E-state index in [2.05, 4.69) is 10.6 Å². The molecule has 0 saturated carbocycles. The van der Waals surface area contributed by atoms with E-state index >= 15 is 0 Å². The molecule has 3 rings (SSSR count). The molecule has 6 heteroatoms. The normalized spacial score (nSPS) is 17.9. The zero-order valence-corrected chi connectivity index (χ0v) is 11.9. The van der Waals surface area contributed by atoms with Crippen molar-refractivity contribution >= 4 is 11.8 Å². The minimum Gasteiger partial charge on any atom is -0.354 e. The maximum Gasteiger partial charge on any atom is 0.252 e. The van der Waals surface area contributed by atoms with Crippen LogP contribution in [0.3, 0.4) is 0 Å². The van der Waals surface area contributed by atoms with Crippen molar-refractivity contribution < 1.29 is 14.0 Å². The summed E-state index contributed by atoms with van der Waals surface area (Å²) in [5, 5.41) is 5.34. The average Bonchev–Trinajstić information content (AvgIpc) is 3.03. The van der Waals surface area contributed by atoms with E-state index in [1.54, 1.807) is 41.2 Å². The number of carbonyl (C=O) groups is 2. The molecule has 1 saturated heterocycles. The quantitative estimate of drug-likeness (QED) is 0.905. The number of nitrogens with one attached hydrogen (secondary N) is 2. The van der Waals surface area contributed by atoms with Gasteiger partial charge in [0.05, 0.1) is 5.69 Å². The first kappa shape index (κ1) is 14.3. The molecule has 2 N–H and O–H groups in total. The summed E-state index contributed by atoms with van der Waals surface area (Å²) in [6, 6.07) is 7.32. The van der Waals surface area contributed by atoms with E-state index in [-0.39, 0.29) is 11.5 Å². The van der Waals surface area contributed by atoms with Gasteiger partial charge in [-0.05, 0) is 43.2 Å². The van der Waals surface area contributed by atoms with Crippen LogP contribution in [0.15, 0.2) is 42.7 Å². The fraction of sp³-hybridized carbons (Fsp3) is 0.250. The van der Waals surface area contributed by atoms with E-state index in [4.69, 9.17) is 0 Å². The lowest BCUT2D eigenvalue weighted by molar-refractivity contribution is -0.124. The van der Waals surface area contributed by atoms with Crippen molar-refractivity contribution in [2.75, 3.05) is 6.54 Å². The lowest BCUT2D eigenvalue weighted by Gasteiger charge is -2.22. The average molecular weight is 301 g/mol. The van der Waals surface area contributed by atoms with Crippen LogP contribution < -0.4 is 10.6 Å². The molecule has 1 aromatic heterocycles. The molecule has 2 amide bonds. The number of halogens is 1. The minimum absolute atomic E-state index is 0.191. The summed E-state index contributed by atoms with van der Waals surface area (Å²) in [7, 11) is 0. The number of hydrogen-bond acceptors (Lipinski definition) is 2. The van der Waals surface area contributed by atoms with Crippen molar-refractivity contribution in [1.29, 1.82) is 0 Å². The fourth-order valence-electron chi connectivity index (χ4n) is 2.50. The van der Waals surface area contributed by atoms with Crippen LogP contribution in [-0.2, 0) is 4.79 Å². The van der Waals surface area contributed by atoms with Gasteiger partial charge in [-0.15, -0.1) is 0 Å². The monoisotopic (exact) mass is 301 g/mol. The second-order valence-corrected chi connectivity index (χ2v) is 5.22. The van der Waals surface area contributed by atoms with E-state index in [0.29, 0.717) is 18.7 Å². The molecule has 0 radical (unpaired) electrons. The largest absolute Gasteiger partial charge is 0.354 e. The summed E-state index contributed by atoms with van der Waals surface area (Å²) in [4.78, 5) is 23.8. The summed E-state index contributed by atoms with van der Waals surface area (Å²) in [6.07, 6.45) is 4.87. The topological polar surface area (TPSA) is 63.1 Å². The molecule has 0 aliphatic carbocycles. The summed E-state index contributed by atoms with van der Waals surface area (Å²) in [5.74, 6) is -1.12. The number of carbonyl (C=O) groups excluding carboxylic acids is 2. The number of piperidine rings is 1. The first-order valence-corrected chi connectivity index (χ1v) is 7.16. The van der Waals surface area contributed by atoms with Crippen molar-refractivity contribution in [2.45, 2.75) is 18.9 Å². The molecule has 1 fully saturated rings. The second kappa shape index (κ2) is 6.01. The van der Waals surface area contributed by atoms with E-state index in [1.165, 1.54) is 6.07 Å². The molecule has 5 nitrogen and oxygen atoms in total. The van der Waals surface area contributed by atoms with Crippen LogP contribution >= 0.6 is 0 Å². The van der Waals surface area contributed by atoms with Crippen molar-refractivity contribution in [1.82, 2.24) is 15.2 Å². The Labute approximate surface area is 127 Å². The van der Waals surface area contributed by atoms with Crippen LogP contribution in [0.1, 0.15) is 23.2 Å². The number of aromatic nitrogens is 1. The van der Waals surface area contributed by atoms with Crippen LogP contribution in [0.5, 0.6) is 0 Å². The Balaban J connectivity index is 1.76. The molecule has 22 heavy (non-hydrogen) atoms. The molecule has 0 spiro atoms. The zero-order valence-electron chi connectivity index (χ0n) is 11.9. The smallest absolute Gasteiger partial charge is 0.252 e. The minimum atomic E-state index is -0.548. The Hall–Kier alpha value is -2.63. The Morgan fingerprint density at radius 1 is 1.32 bits per heavy atom. The summed E-state index contributed by atoms with van der Waals surface area (Å²) >= 11 is 0. The molecule has 1 aliphatic rings. The molecule has 1 aromatic carbocycles. The van der Waals surface area contributed by atoms with Crippen molar-refractivity contribution in [2.24, 2.45) is 0 Å². The third-order valence-corrected chi connectivity index (χ3v) is 3.68. The number of nitrogens with zero attached hydrogens (tertiary/aromatic N) is 1. The Morgan fingerprint density at radius 3 is 2.77 bits per heavy atom. The highest BCUT2D eigenvalue weighted by molar-refractivity contribution is 5.97. The predicted octanol–water partition coefficient (Wildman–Crippen LogP) is 1.62. The van der Waals surface area contributed by atoms with E-state index in [9.17, 15) is 14.0 Å². The Kier molecular flexibility index (Phi) is 3.91. The van der Waals surface area contributed by atoms with Gasteiger partial charge in [-0.1, -0.05) is 0 Å². The number of hydrogen-bond donors (Lipinski definition) is 2. The van der Waals surface area contributed by atoms with Crippen LogP contribution in [0.4, 0.5) is 4.39 Å². The van der Waals surface area contributed by atoms with Crippen molar-refractivity contribution in [3.05, 3.63) is 54.1 Å². The van der Waals surface area contributed by atoms with Gasteiger partial charge in [-0.25, -0.2) is 4.39 Å². The molecule has 2 aromatic rings. The van der Waals surface area contributed by atoms with Crippen LogP contribution in [-0.4, -0.2) is 29.0 Å². The van der Waals surface area contributed by atoms with E-state index in [0.717, 1.165) is 6.42 Å². The molecule has 1 aliphatic heterocycles. The third kappa shape index (κ3) is 2.86. The number of amides is 2. The summed E-state index contributed by atoms with van der Waals surface area (Å²) in [6.45, 7) is 0.630. The van der Waals surface area contributed by atoms with Gasteiger partial charge in [0.2, 0.25) is 5.91 Å². The van der Waals surface area contributed by atoms with Crippen LogP contribution in [0, 0.1) is 5.82 Å². The lowest BCUT2D eigenvalue weighted by Crippen LogP contribution is -2.50. The zero-order chi connectivity index (χ0) is 15.5. The molecule has 114 valence electrons. The molecule has 2 heterocycles. The standard InChI is InChI=1S/C16H16FN3O2/c17-12-10-11(5-6-14(12)20-8-1-2-9-20)15(21)19-13-4-3-7-18-16(13)22/h1-2,5-6,8-10,13H,3-4,7H2,(H,18,22)(H,19,21)/t13-/m0/s1. The highest BCUT2D eigenvalue weighted by Crippen LogP contribution is 2.16. The molecular formula is C16H16FN3O2. The van der Waals surface area contributed by atoms with Crippen molar-refractivity contribution in [3.63, 3.8) is 0 Å². The first-order chi connectivity index (χ1) is 10.6. The predicted molar refractivity (Wildman–Crippen MR) is 79.2 cm³/mol.